The third-order valence-corrected chi connectivity index (χ3v) is 3.01. The smallest absolute Gasteiger partial charge is 0.319 e. The van der Waals surface area contributed by atoms with Crippen LogP contribution in [0.25, 0.3) is 10.2 Å². The number of aromatic nitrogens is 1. The number of hydrogen-bond acceptors (Lipinski definition) is 4. The predicted molar refractivity (Wildman–Crippen MR) is 68.9 cm³/mol. The first kappa shape index (κ1) is 12.3. The number of fused-ring (bicyclic) bond motifs is 1. The van der Waals surface area contributed by atoms with E-state index in [2.05, 4.69) is 15.6 Å². The van der Waals surface area contributed by atoms with Gasteiger partial charge in [-0.2, -0.15) is 0 Å². The van der Waals surface area contributed by atoms with Crippen molar-refractivity contribution in [1.29, 1.82) is 0 Å². The van der Waals surface area contributed by atoms with E-state index in [-0.39, 0.29) is 13.0 Å². The Balaban J connectivity index is 1.91. The Kier molecular flexibility index (Phi) is 3.73. The number of nitrogens with zero attached hydrogens (tertiary/aromatic N) is 1. The van der Waals surface area contributed by atoms with Gasteiger partial charge in [0, 0.05) is 12.2 Å². The first-order chi connectivity index (χ1) is 8.65. The quantitative estimate of drug-likeness (QED) is 0.787. The number of hydrogen-bond donors (Lipinski definition) is 3. The molecule has 0 spiro atoms. The first-order valence-electron chi connectivity index (χ1n) is 5.25. The molecular weight excluding hydrogens is 254 g/mol. The van der Waals surface area contributed by atoms with Gasteiger partial charge in [-0.1, -0.05) is 0 Å². The van der Waals surface area contributed by atoms with Crippen LogP contribution in [-0.2, 0) is 4.79 Å². The largest absolute Gasteiger partial charge is 0.481 e. The Morgan fingerprint density at radius 2 is 2.22 bits per heavy atom. The molecule has 0 unspecified atom stereocenters. The number of rotatable bonds is 4. The highest BCUT2D eigenvalue weighted by Gasteiger charge is 2.04. The second-order valence-electron chi connectivity index (χ2n) is 3.56. The van der Waals surface area contributed by atoms with Crippen molar-refractivity contribution in [3.05, 3.63) is 23.7 Å². The van der Waals surface area contributed by atoms with Crippen LogP contribution in [0.15, 0.2) is 23.7 Å². The normalized spacial score (nSPS) is 10.2. The van der Waals surface area contributed by atoms with E-state index in [4.69, 9.17) is 5.11 Å². The molecule has 0 atom stereocenters. The Hall–Kier alpha value is -2.15. The molecule has 2 amide bonds. The molecule has 3 N–H and O–H groups in total. The summed E-state index contributed by atoms with van der Waals surface area (Å²) in [5, 5.41) is 13.5. The topological polar surface area (TPSA) is 91.3 Å². The van der Waals surface area contributed by atoms with E-state index in [0.29, 0.717) is 5.69 Å². The van der Waals surface area contributed by atoms with E-state index < -0.39 is 12.0 Å². The minimum Gasteiger partial charge on any atom is -0.481 e. The monoisotopic (exact) mass is 265 g/mol. The maximum atomic E-state index is 11.4. The number of urea groups is 1. The number of nitrogens with one attached hydrogen (secondary N) is 2. The highest BCUT2D eigenvalue weighted by molar-refractivity contribution is 7.16. The van der Waals surface area contributed by atoms with Gasteiger partial charge in [-0.15, -0.1) is 11.3 Å². The molecule has 6 nitrogen and oxygen atoms in total. The van der Waals surface area contributed by atoms with Crippen LogP contribution in [-0.4, -0.2) is 28.6 Å². The lowest BCUT2D eigenvalue weighted by molar-refractivity contribution is -0.136. The van der Waals surface area contributed by atoms with Gasteiger partial charge in [0.1, 0.15) is 0 Å². The van der Waals surface area contributed by atoms with Crippen molar-refractivity contribution >= 4 is 39.2 Å². The maximum absolute atomic E-state index is 11.4. The molecule has 0 aliphatic rings. The van der Waals surface area contributed by atoms with Crippen molar-refractivity contribution in [2.75, 3.05) is 11.9 Å². The second-order valence-corrected chi connectivity index (χ2v) is 4.45. The molecule has 1 heterocycles. The van der Waals surface area contributed by atoms with E-state index in [9.17, 15) is 9.59 Å². The number of anilines is 1. The molecule has 7 heteroatoms. The van der Waals surface area contributed by atoms with Gasteiger partial charge in [-0.25, -0.2) is 9.78 Å². The average molecular weight is 265 g/mol. The van der Waals surface area contributed by atoms with Crippen LogP contribution in [0.2, 0.25) is 0 Å². The van der Waals surface area contributed by atoms with Crippen molar-refractivity contribution in [1.82, 2.24) is 10.3 Å². The number of thiazole rings is 1. The van der Waals surface area contributed by atoms with Crippen molar-refractivity contribution < 1.29 is 14.7 Å². The Labute approximate surface area is 107 Å². The lowest BCUT2D eigenvalue weighted by atomic mass is 10.3. The van der Waals surface area contributed by atoms with E-state index in [1.54, 1.807) is 11.6 Å². The molecule has 18 heavy (non-hydrogen) atoms. The summed E-state index contributed by atoms with van der Waals surface area (Å²) in [5.41, 5.74) is 3.28. The maximum Gasteiger partial charge on any atom is 0.319 e. The summed E-state index contributed by atoms with van der Waals surface area (Å²) in [5.74, 6) is -0.943. The van der Waals surface area contributed by atoms with E-state index in [1.807, 2.05) is 12.1 Å². The third-order valence-electron chi connectivity index (χ3n) is 2.21. The van der Waals surface area contributed by atoms with Crippen molar-refractivity contribution in [2.45, 2.75) is 6.42 Å². The van der Waals surface area contributed by atoms with Gasteiger partial charge in [0.15, 0.2) is 0 Å². The number of carbonyl (C=O) groups excluding carboxylic acids is 1. The van der Waals surface area contributed by atoms with E-state index >= 15 is 0 Å². The van der Waals surface area contributed by atoms with Crippen LogP contribution in [0.4, 0.5) is 10.5 Å². The fourth-order valence-electron chi connectivity index (χ4n) is 1.39. The van der Waals surface area contributed by atoms with Crippen LogP contribution in [0.3, 0.4) is 0 Å². The molecule has 0 fully saturated rings. The molecule has 0 aliphatic heterocycles. The molecule has 0 saturated carbocycles. The standard InChI is InChI=1S/C11H11N3O3S/c15-10(16)3-4-12-11(17)14-7-1-2-8-9(5-7)18-6-13-8/h1-2,5-6H,3-4H2,(H,15,16)(H2,12,14,17). The van der Waals surface area contributed by atoms with Crippen LogP contribution in [0.1, 0.15) is 6.42 Å². The molecule has 94 valence electrons. The zero-order valence-electron chi connectivity index (χ0n) is 9.34. The van der Waals surface area contributed by atoms with Gasteiger partial charge < -0.3 is 15.7 Å². The molecule has 2 rings (SSSR count). The fraction of sp³-hybridized carbons (Fsp3) is 0.182. The highest BCUT2D eigenvalue weighted by atomic mass is 32.1. The van der Waals surface area contributed by atoms with Gasteiger partial charge in [0.25, 0.3) is 0 Å². The van der Waals surface area contributed by atoms with Crippen molar-refractivity contribution in [2.24, 2.45) is 0 Å². The zero-order chi connectivity index (χ0) is 13.0. The Morgan fingerprint density at radius 1 is 1.39 bits per heavy atom. The lowest BCUT2D eigenvalue weighted by Crippen LogP contribution is -2.30. The summed E-state index contributed by atoms with van der Waals surface area (Å²) < 4.78 is 0.985. The number of aliphatic carboxylic acids is 1. The summed E-state index contributed by atoms with van der Waals surface area (Å²) in [7, 11) is 0. The molecule has 2 aromatic rings. The predicted octanol–water partition coefficient (Wildman–Crippen LogP) is 1.89. The number of carboxylic acid groups (broad SMARTS) is 1. The molecule has 0 radical (unpaired) electrons. The Bertz CT molecular complexity index is 582. The van der Waals surface area contributed by atoms with Crippen LogP contribution in [0.5, 0.6) is 0 Å². The SMILES string of the molecule is O=C(O)CCNC(=O)Nc1ccc2ncsc2c1. The van der Waals surface area contributed by atoms with Crippen LogP contribution < -0.4 is 10.6 Å². The lowest BCUT2D eigenvalue weighted by Gasteiger charge is -2.06. The van der Waals surface area contributed by atoms with E-state index in [1.165, 1.54) is 11.3 Å². The molecule has 0 aliphatic carbocycles. The second kappa shape index (κ2) is 5.46. The third kappa shape index (κ3) is 3.17. The number of benzene rings is 1. The van der Waals surface area contributed by atoms with E-state index in [0.717, 1.165) is 10.2 Å². The first-order valence-corrected chi connectivity index (χ1v) is 6.13. The van der Waals surface area contributed by atoms with Gasteiger partial charge in [0.2, 0.25) is 0 Å². The van der Waals surface area contributed by atoms with Crippen molar-refractivity contribution in [3.63, 3.8) is 0 Å². The fourth-order valence-corrected chi connectivity index (χ4v) is 2.11. The zero-order valence-corrected chi connectivity index (χ0v) is 10.2. The number of carboxylic acids is 1. The molecular formula is C11H11N3O3S. The summed E-state index contributed by atoms with van der Waals surface area (Å²) in [6, 6.07) is 4.97. The molecule has 1 aromatic carbocycles. The summed E-state index contributed by atoms with van der Waals surface area (Å²) in [4.78, 5) is 25.9. The molecule has 0 bridgehead atoms. The van der Waals surface area contributed by atoms with Crippen LogP contribution >= 0.6 is 11.3 Å². The minimum atomic E-state index is -0.943. The van der Waals surface area contributed by atoms with Gasteiger partial charge in [-0.05, 0) is 18.2 Å². The highest BCUT2D eigenvalue weighted by Crippen LogP contribution is 2.21. The molecule has 0 saturated heterocycles. The summed E-state index contributed by atoms with van der Waals surface area (Å²) in [6.07, 6.45) is -0.0959. The van der Waals surface area contributed by atoms with Crippen LogP contribution in [0, 0.1) is 0 Å². The van der Waals surface area contributed by atoms with Gasteiger partial charge in [-0.3, -0.25) is 4.79 Å². The van der Waals surface area contributed by atoms with Gasteiger partial charge in [0.05, 0.1) is 22.1 Å². The number of amides is 2. The van der Waals surface area contributed by atoms with Crippen molar-refractivity contribution in [3.8, 4) is 0 Å². The minimum absolute atomic E-state index is 0.0959. The summed E-state index contributed by atoms with van der Waals surface area (Å²) in [6.45, 7) is 0.101. The summed E-state index contributed by atoms with van der Waals surface area (Å²) >= 11 is 1.49. The average Bonchev–Trinajstić information content (AvgIpc) is 2.75. The van der Waals surface area contributed by atoms with Gasteiger partial charge >= 0.3 is 12.0 Å². The Morgan fingerprint density at radius 3 is 3.00 bits per heavy atom. The molecule has 1 aromatic heterocycles. The number of carbonyl (C=O) groups is 2.